The van der Waals surface area contributed by atoms with E-state index in [-0.39, 0.29) is 13.0 Å². The van der Waals surface area contributed by atoms with Crippen molar-refractivity contribution in [2.24, 2.45) is 5.41 Å². The Hall–Kier alpha value is -0.220. The number of nitrogens with one attached hydrogen (secondary N) is 1. The number of hydrogen-bond acceptors (Lipinski definition) is 2. The van der Waals surface area contributed by atoms with Crippen LogP contribution in [0.2, 0.25) is 0 Å². The molecule has 2 fully saturated rings. The highest BCUT2D eigenvalue weighted by atomic mass is 19.3. The number of nitrogens with zero attached hydrogens (tertiary/aromatic N) is 1. The van der Waals surface area contributed by atoms with Gasteiger partial charge in [0, 0.05) is 19.5 Å². The van der Waals surface area contributed by atoms with Crippen LogP contribution >= 0.6 is 0 Å². The van der Waals surface area contributed by atoms with Crippen LogP contribution in [0.1, 0.15) is 25.7 Å². The van der Waals surface area contributed by atoms with E-state index in [1.165, 1.54) is 12.8 Å². The number of halogens is 2. The summed E-state index contributed by atoms with van der Waals surface area (Å²) in [6, 6.07) is 0. The van der Waals surface area contributed by atoms with E-state index in [4.69, 9.17) is 0 Å². The highest BCUT2D eigenvalue weighted by molar-refractivity contribution is 4.98. The summed E-state index contributed by atoms with van der Waals surface area (Å²) in [5.41, 5.74) is 0.308. The average molecular weight is 218 g/mol. The normalized spacial score (nSPS) is 29.0. The van der Waals surface area contributed by atoms with Crippen molar-refractivity contribution in [2.45, 2.75) is 31.6 Å². The third-order valence-corrected chi connectivity index (χ3v) is 3.54. The van der Waals surface area contributed by atoms with Crippen molar-refractivity contribution < 1.29 is 8.78 Å². The van der Waals surface area contributed by atoms with Gasteiger partial charge in [0.05, 0.1) is 6.54 Å². The van der Waals surface area contributed by atoms with Crippen LogP contribution in [0.3, 0.4) is 0 Å². The van der Waals surface area contributed by atoms with Crippen molar-refractivity contribution in [3.05, 3.63) is 0 Å². The van der Waals surface area contributed by atoms with Crippen molar-refractivity contribution in [3.8, 4) is 0 Å². The number of likely N-dealkylation sites (tertiary alicyclic amines) is 1. The molecule has 1 aliphatic carbocycles. The first-order valence-corrected chi connectivity index (χ1v) is 5.80. The summed E-state index contributed by atoms with van der Waals surface area (Å²) in [6.45, 7) is 2.64. The molecule has 88 valence electrons. The van der Waals surface area contributed by atoms with Crippen LogP contribution in [0.15, 0.2) is 0 Å². The molecule has 1 heterocycles. The van der Waals surface area contributed by atoms with Gasteiger partial charge < -0.3 is 5.32 Å². The molecular formula is C11H20F2N2. The molecule has 1 aliphatic heterocycles. The van der Waals surface area contributed by atoms with E-state index in [0.29, 0.717) is 11.8 Å². The van der Waals surface area contributed by atoms with Crippen LogP contribution in [0.5, 0.6) is 0 Å². The van der Waals surface area contributed by atoms with Gasteiger partial charge in [-0.15, -0.1) is 0 Å². The molecule has 2 rings (SSSR count). The monoisotopic (exact) mass is 218 g/mol. The van der Waals surface area contributed by atoms with Gasteiger partial charge in [0.15, 0.2) is 0 Å². The van der Waals surface area contributed by atoms with Crippen LogP contribution < -0.4 is 5.32 Å². The first-order chi connectivity index (χ1) is 7.05. The molecule has 1 N–H and O–H groups in total. The van der Waals surface area contributed by atoms with E-state index in [9.17, 15) is 8.78 Å². The van der Waals surface area contributed by atoms with Crippen LogP contribution in [0.4, 0.5) is 8.78 Å². The molecule has 0 aromatic rings. The Balaban J connectivity index is 1.84. The van der Waals surface area contributed by atoms with E-state index >= 15 is 0 Å². The molecule has 1 saturated heterocycles. The first-order valence-electron chi connectivity index (χ1n) is 5.80. The summed E-state index contributed by atoms with van der Waals surface area (Å²) in [5, 5.41) is 3.17. The average Bonchev–Trinajstić information content (AvgIpc) is 2.83. The molecule has 2 nitrogen and oxygen atoms in total. The maximum absolute atomic E-state index is 13.2. The minimum absolute atomic E-state index is 0.0293. The fraction of sp³-hybridized carbons (Fsp3) is 1.00. The van der Waals surface area contributed by atoms with Crippen LogP contribution in [-0.2, 0) is 0 Å². The van der Waals surface area contributed by atoms with Crippen molar-refractivity contribution in [1.29, 1.82) is 0 Å². The lowest BCUT2D eigenvalue weighted by molar-refractivity contribution is -0.0679. The molecule has 2 aliphatic rings. The van der Waals surface area contributed by atoms with Crippen molar-refractivity contribution in [1.82, 2.24) is 10.2 Å². The minimum Gasteiger partial charge on any atom is -0.319 e. The van der Waals surface area contributed by atoms with Gasteiger partial charge in [0.2, 0.25) is 0 Å². The van der Waals surface area contributed by atoms with Crippen molar-refractivity contribution in [3.63, 3.8) is 0 Å². The highest BCUT2D eigenvalue weighted by Crippen LogP contribution is 2.46. The van der Waals surface area contributed by atoms with Gasteiger partial charge in [-0.25, -0.2) is 8.78 Å². The molecule has 0 spiro atoms. The van der Waals surface area contributed by atoms with E-state index in [0.717, 1.165) is 19.6 Å². The topological polar surface area (TPSA) is 15.3 Å². The number of alkyl halides is 2. The zero-order valence-corrected chi connectivity index (χ0v) is 9.36. The predicted molar refractivity (Wildman–Crippen MR) is 56.2 cm³/mol. The predicted octanol–water partition coefficient (Wildman–Crippen LogP) is 1.72. The zero-order valence-electron chi connectivity index (χ0n) is 9.36. The molecule has 0 amide bonds. The summed E-state index contributed by atoms with van der Waals surface area (Å²) in [4.78, 5) is 1.95. The Morgan fingerprint density at radius 1 is 1.27 bits per heavy atom. The van der Waals surface area contributed by atoms with Gasteiger partial charge in [-0.3, -0.25) is 4.90 Å². The van der Waals surface area contributed by atoms with Gasteiger partial charge in [0.25, 0.3) is 5.92 Å². The summed E-state index contributed by atoms with van der Waals surface area (Å²) >= 11 is 0. The molecule has 0 bridgehead atoms. The number of rotatable bonds is 4. The molecular weight excluding hydrogens is 198 g/mol. The zero-order chi connectivity index (χ0) is 10.9. The molecule has 0 unspecified atom stereocenters. The number of piperidine rings is 1. The van der Waals surface area contributed by atoms with Crippen molar-refractivity contribution >= 4 is 0 Å². The fourth-order valence-electron chi connectivity index (χ4n) is 2.60. The first kappa shape index (κ1) is 11.3. The lowest BCUT2D eigenvalue weighted by atomic mass is 10.0. The van der Waals surface area contributed by atoms with Gasteiger partial charge in [-0.05, 0) is 38.3 Å². The standard InChI is InChI=1S/C11H20F2N2/c1-14-7-10(4-5-10)8-15-6-2-3-11(12,13)9-15/h14H,2-9H2,1H3. The molecule has 1 saturated carbocycles. The molecule has 4 heteroatoms. The minimum atomic E-state index is -2.45. The van der Waals surface area contributed by atoms with Gasteiger partial charge in [0.1, 0.15) is 0 Å². The maximum atomic E-state index is 13.2. The summed E-state index contributed by atoms with van der Waals surface area (Å²) in [5.74, 6) is -2.45. The Kier molecular flexibility index (Phi) is 2.99. The van der Waals surface area contributed by atoms with Crippen molar-refractivity contribution in [2.75, 3.05) is 33.2 Å². The lowest BCUT2D eigenvalue weighted by Crippen LogP contribution is -2.46. The second-order valence-corrected chi connectivity index (χ2v) is 5.20. The SMILES string of the molecule is CNCC1(CN2CCCC(F)(F)C2)CC1. The third-order valence-electron chi connectivity index (χ3n) is 3.54. The Labute approximate surface area is 90.0 Å². The Morgan fingerprint density at radius 3 is 2.53 bits per heavy atom. The van der Waals surface area contributed by atoms with Crippen LogP contribution in [0, 0.1) is 5.41 Å². The Morgan fingerprint density at radius 2 is 2.00 bits per heavy atom. The van der Waals surface area contributed by atoms with Gasteiger partial charge in [-0.1, -0.05) is 0 Å². The number of hydrogen-bond donors (Lipinski definition) is 1. The van der Waals surface area contributed by atoms with Gasteiger partial charge in [-0.2, -0.15) is 0 Å². The van der Waals surface area contributed by atoms with Crippen LogP contribution in [0.25, 0.3) is 0 Å². The largest absolute Gasteiger partial charge is 0.319 e. The van der Waals surface area contributed by atoms with Gasteiger partial charge >= 0.3 is 0 Å². The summed E-state index contributed by atoms with van der Waals surface area (Å²) < 4.78 is 26.4. The van der Waals surface area contributed by atoms with E-state index in [1.54, 1.807) is 0 Å². The second-order valence-electron chi connectivity index (χ2n) is 5.20. The van der Waals surface area contributed by atoms with E-state index < -0.39 is 5.92 Å². The van der Waals surface area contributed by atoms with E-state index in [1.807, 2.05) is 11.9 Å². The molecule has 0 aromatic heterocycles. The fourth-order valence-corrected chi connectivity index (χ4v) is 2.60. The highest BCUT2D eigenvalue weighted by Gasteiger charge is 2.45. The molecule has 0 radical (unpaired) electrons. The molecule has 0 aromatic carbocycles. The van der Waals surface area contributed by atoms with Crippen LogP contribution in [-0.4, -0.2) is 44.0 Å². The second kappa shape index (κ2) is 3.98. The lowest BCUT2D eigenvalue weighted by Gasteiger charge is -2.34. The molecule has 0 atom stereocenters. The van der Waals surface area contributed by atoms with E-state index in [2.05, 4.69) is 5.32 Å². The Bertz CT molecular complexity index is 227. The third kappa shape index (κ3) is 2.88. The molecule has 15 heavy (non-hydrogen) atoms. The summed E-state index contributed by atoms with van der Waals surface area (Å²) in [6.07, 6.45) is 3.09. The smallest absolute Gasteiger partial charge is 0.260 e. The maximum Gasteiger partial charge on any atom is 0.260 e. The summed E-state index contributed by atoms with van der Waals surface area (Å²) in [7, 11) is 1.94. The quantitative estimate of drug-likeness (QED) is 0.773.